The maximum atomic E-state index is 13.6. The van der Waals surface area contributed by atoms with Crippen LogP contribution in [0, 0.1) is 11.6 Å². The van der Waals surface area contributed by atoms with Crippen LogP contribution in [0.1, 0.15) is 6.92 Å². The van der Waals surface area contributed by atoms with Gasteiger partial charge in [-0.2, -0.15) is 4.98 Å². The molecule has 2 rings (SSSR count). The quantitative estimate of drug-likeness (QED) is 0.811. The minimum atomic E-state index is -0.821. The summed E-state index contributed by atoms with van der Waals surface area (Å²) >= 11 is 0. The number of halogens is 2. The molecule has 6 nitrogen and oxygen atoms in total. The summed E-state index contributed by atoms with van der Waals surface area (Å²) in [7, 11) is 3.50. The molecule has 1 amide bonds. The average molecular weight is 336 g/mol. The summed E-state index contributed by atoms with van der Waals surface area (Å²) < 4.78 is 31.8. The third-order valence-corrected chi connectivity index (χ3v) is 3.41. The van der Waals surface area contributed by atoms with Gasteiger partial charge in [0.25, 0.3) is 0 Å². The number of carbonyl (C=O) groups is 1. The van der Waals surface area contributed by atoms with Gasteiger partial charge in [0.05, 0.1) is 12.4 Å². The molecule has 24 heavy (non-hydrogen) atoms. The van der Waals surface area contributed by atoms with Gasteiger partial charge >= 0.3 is 0 Å². The Hall–Kier alpha value is -2.77. The second kappa shape index (κ2) is 7.67. The number of amides is 1. The first-order chi connectivity index (χ1) is 11.4. The van der Waals surface area contributed by atoms with Crippen LogP contribution in [-0.4, -0.2) is 48.0 Å². The third kappa shape index (κ3) is 4.61. The van der Waals surface area contributed by atoms with Gasteiger partial charge in [-0.1, -0.05) is 0 Å². The molecule has 8 heteroatoms. The van der Waals surface area contributed by atoms with Crippen molar-refractivity contribution in [2.75, 3.05) is 32.1 Å². The zero-order valence-electron chi connectivity index (χ0n) is 13.7. The Bertz CT molecular complexity index is 727. The molecule has 0 fully saturated rings. The van der Waals surface area contributed by atoms with E-state index < -0.39 is 11.6 Å². The highest BCUT2D eigenvalue weighted by atomic mass is 19.1. The highest BCUT2D eigenvalue weighted by molar-refractivity contribution is 5.72. The van der Waals surface area contributed by atoms with Crippen LogP contribution in [0.2, 0.25) is 0 Å². The summed E-state index contributed by atoms with van der Waals surface area (Å²) in [6.07, 6.45) is 2.86. The first-order valence-corrected chi connectivity index (χ1v) is 7.24. The van der Waals surface area contributed by atoms with Crippen LogP contribution < -0.4 is 9.64 Å². The summed E-state index contributed by atoms with van der Waals surface area (Å²) in [5.74, 6) is -1.08. The largest absolute Gasteiger partial charge is 0.434 e. The van der Waals surface area contributed by atoms with Crippen LogP contribution in [-0.2, 0) is 4.79 Å². The second-order valence-corrected chi connectivity index (χ2v) is 5.25. The minimum Gasteiger partial charge on any atom is -0.434 e. The monoisotopic (exact) mass is 336 g/mol. The zero-order valence-corrected chi connectivity index (χ0v) is 13.7. The van der Waals surface area contributed by atoms with Gasteiger partial charge in [0.1, 0.15) is 5.82 Å². The number of carbonyl (C=O) groups excluding carboxylic acids is 1. The number of hydrogen-bond acceptors (Lipinski definition) is 5. The lowest BCUT2D eigenvalue weighted by atomic mass is 10.3. The molecule has 0 N–H and O–H groups in total. The van der Waals surface area contributed by atoms with E-state index in [2.05, 4.69) is 9.97 Å². The van der Waals surface area contributed by atoms with E-state index in [1.807, 2.05) is 0 Å². The molecule has 0 bridgehead atoms. The van der Waals surface area contributed by atoms with Gasteiger partial charge in [-0.3, -0.25) is 9.78 Å². The van der Waals surface area contributed by atoms with Crippen molar-refractivity contribution in [2.45, 2.75) is 6.92 Å². The lowest BCUT2D eigenvalue weighted by Gasteiger charge is -2.22. The van der Waals surface area contributed by atoms with Gasteiger partial charge < -0.3 is 14.5 Å². The number of aromatic nitrogens is 2. The van der Waals surface area contributed by atoms with Crippen molar-refractivity contribution in [1.82, 2.24) is 14.9 Å². The minimum absolute atomic E-state index is 0.0293. The van der Waals surface area contributed by atoms with Crippen LogP contribution in [0.25, 0.3) is 0 Å². The topological polar surface area (TPSA) is 58.6 Å². The second-order valence-electron chi connectivity index (χ2n) is 5.25. The summed E-state index contributed by atoms with van der Waals surface area (Å²) in [5.41, 5.74) is 0. The van der Waals surface area contributed by atoms with Crippen LogP contribution in [0.5, 0.6) is 11.6 Å². The van der Waals surface area contributed by atoms with Gasteiger partial charge in [-0.05, 0) is 12.1 Å². The molecule has 0 saturated carbocycles. The molecule has 2 aromatic rings. The van der Waals surface area contributed by atoms with Gasteiger partial charge in [-0.15, -0.1) is 0 Å². The Morgan fingerprint density at radius 2 is 1.96 bits per heavy atom. The molecule has 0 atom stereocenters. The zero-order chi connectivity index (χ0) is 17.7. The van der Waals surface area contributed by atoms with Gasteiger partial charge in [0, 0.05) is 40.2 Å². The normalized spacial score (nSPS) is 10.4. The fraction of sp³-hybridized carbons (Fsp3) is 0.312. The Balaban J connectivity index is 2.06. The van der Waals surface area contributed by atoms with Crippen molar-refractivity contribution >= 4 is 11.7 Å². The van der Waals surface area contributed by atoms with Gasteiger partial charge in [0.15, 0.2) is 17.4 Å². The molecule has 0 aliphatic heterocycles. The molecule has 1 aromatic heterocycles. The molecule has 1 aromatic carbocycles. The van der Waals surface area contributed by atoms with Crippen molar-refractivity contribution in [3.05, 3.63) is 42.2 Å². The number of rotatable bonds is 6. The van der Waals surface area contributed by atoms with Crippen LogP contribution in [0.4, 0.5) is 14.6 Å². The third-order valence-electron chi connectivity index (χ3n) is 3.41. The van der Waals surface area contributed by atoms with Crippen LogP contribution >= 0.6 is 0 Å². The molecular formula is C16H18F2N4O2. The fourth-order valence-electron chi connectivity index (χ4n) is 1.81. The van der Waals surface area contributed by atoms with Crippen molar-refractivity contribution < 1.29 is 18.3 Å². The molecule has 0 aliphatic rings. The first kappa shape index (κ1) is 17.6. The molecule has 128 valence electrons. The average Bonchev–Trinajstić information content (AvgIpc) is 2.55. The molecule has 0 radical (unpaired) electrons. The Morgan fingerprint density at radius 3 is 2.62 bits per heavy atom. The van der Waals surface area contributed by atoms with Crippen molar-refractivity contribution in [1.29, 1.82) is 0 Å². The van der Waals surface area contributed by atoms with Crippen LogP contribution in [0.15, 0.2) is 30.6 Å². The SMILES string of the molecule is CC(=O)N(C)CCN(C)c1cncc(Oc2ccc(F)cc2F)n1. The van der Waals surface area contributed by atoms with Crippen molar-refractivity contribution in [3.8, 4) is 11.6 Å². The van der Waals surface area contributed by atoms with E-state index >= 15 is 0 Å². The Labute approximate surface area is 138 Å². The number of anilines is 1. The number of likely N-dealkylation sites (N-methyl/N-ethyl adjacent to an activating group) is 2. The van der Waals surface area contributed by atoms with Crippen molar-refractivity contribution in [2.24, 2.45) is 0 Å². The smallest absolute Gasteiger partial charge is 0.239 e. The summed E-state index contributed by atoms with van der Waals surface area (Å²) in [6.45, 7) is 2.55. The summed E-state index contributed by atoms with van der Waals surface area (Å²) in [4.78, 5) is 22.8. The van der Waals surface area contributed by atoms with Crippen molar-refractivity contribution in [3.63, 3.8) is 0 Å². The van der Waals surface area contributed by atoms with E-state index in [-0.39, 0.29) is 17.5 Å². The van der Waals surface area contributed by atoms with E-state index in [4.69, 9.17) is 4.74 Å². The summed E-state index contributed by atoms with van der Waals surface area (Å²) in [5, 5.41) is 0. The highest BCUT2D eigenvalue weighted by Crippen LogP contribution is 2.24. The highest BCUT2D eigenvalue weighted by Gasteiger charge is 2.11. The van der Waals surface area contributed by atoms with E-state index in [0.29, 0.717) is 18.9 Å². The first-order valence-electron chi connectivity index (χ1n) is 7.24. The number of nitrogens with zero attached hydrogens (tertiary/aromatic N) is 4. The standard InChI is InChI=1S/C16H18F2N4O2/c1-11(23)21(2)6-7-22(3)15-9-19-10-16(20-15)24-14-5-4-12(17)8-13(14)18/h4-5,8-10H,6-7H2,1-3H3. The molecular weight excluding hydrogens is 318 g/mol. The van der Waals surface area contributed by atoms with Gasteiger partial charge in [0.2, 0.25) is 11.8 Å². The molecule has 1 heterocycles. The summed E-state index contributed by atoms with van der Waals surface area (Å²) in [6, 6.07) is 3.01. The molecule has 0 saturated heterocycles. The Kier molecular flexibility index (Phi) is 5.62. The predicted molar refractivity (Wildman–Crippen MR) is 85.0 cm³/mol. The predicted octanol–water partition coefficient (Wildman–Crippen LogP) is 2.46. The molecule has 0 aliphatic carbocycles. The molecule has 0 unspecified atom stereocenters. The number of ether oxygens (including phenoxy) is 1. The molecule has 0 spiro atoms. The van der Waals surface area contributed by atoms with E-state index in [0.717, 1.165) is 12.1 Å². The Morgan fingerprint density at radius 1 is 1.21 bits per heavy atom. The van der Waals surface area contributed by atoms with E-state index in [1.165, 1.54) is 25.4 Å². The number of benzene rings is 1. The number of hydrogen-bond donors (Lipinski definition) is 0. The fourth-order valence-corrected chi connectivity index (χ4v) is 1.81. The lowest BCUT2D eigenvalue weighted by molar-refractivity contribution is -0.127. The maximum Gasteiger partial charge on any atom is 0.239 e. The maximum absolute atomic E-state index is 13.6. The van der Waals surface area contributed by atoms with E-state index in [9.17, 15) is 13.6 Å². The lowest BCUT2D eigenvalue weighted by Crippen LogP contribution is -2.33. The van der Waals surface area contributed by atoms with E-state index in [1.54, 1.807) is 23.9 Å². The van der Waals surface area contributed by atoms with Crippen LogP contribution in [0.3, 0.4) is 0 Å². The van der Waals surface area contributed by atoms with Gasteiger partial charge in [-0.25, -0.2) is 8.78 Å².